The standard InChI is InChI=1S/C14H18O4/c1-7-8(2)14-11(9(3)13(7)17-4)5-10(18-14)6-12(15)16/h10H,5-6H2,1-4H3,(H,15,16)/t10-/m0/s1. The van der Waals surface area contributed by atoms with E-state index < -0.39 is 5.97 Å². The van der Waals surface area contributed by atoms with Gasteiger partial charge in [-0.25, -0.2) is 0 Å². The molecule has 1 aliphatic rings. The fraction of sp³-hybridized carbons (Fsp3) is 0.500. The third kappa shape index (κ3) is 1.92. The molecule has 0 aliphatic carbocycles. The van der Waals surface area contributed by atoms with Gasteiger partial charge in [-0.15, -0.1) is 0 Å². The molecule has 18 heavy (non-hydrogen) atoms. The second-order valence-electron chi connectivity index (χ2n) is 4.76. The molecule has 2 rings (SSSR count). The molecule has 1 aromatic carbocycles. The van der Waals surface area contributed by atoms with E-state index in [1.54, 1.807) is 7.11 Å². The van der Waals surface area contributed by atoms with Crippen LogP contribution in [0.5, 0.6) is 11.5 Å². The van der Waals surface area contributed by atoms with Gasteiger partial charge in [0.2, 0.25) is 0 Å². The van der Waals surface area contributed by atoms with E-state index in [2.05, 4.69) is 0 Å². The molecule has 0 saturated heterocycles. The zero-order valence-corrected chi connectivity index (χ0v) is 11.2. The first-order valence-corrected chi connectivity index (χ1v) is 6.00. The number of methoxy groups -OCH3 is 1. The van der Waals surface area contributed by atoms with E-state index in [9.17, 15) is 4.79 Å². The van der Waals surface area contributed by atoms with Crippen molar-refractivity contribution in [2.75, 3.05) is 7.11 Å². The molecule has 98 valence electrons. The second-order valence-corrected chi connectivity index (χ2v) is 4.76. The Bertz CT molecular complexity index is 505. The van der Waals surface area contributed by atoms with E-state index in [-0.39, 0.29) is 12.5 Å². The van der Waals surface area contributed by atoms with Crippen LogP contribution in [0.25, 0.3) is 0 Å². The largest absolute Gasteiger partial charge is 0.496 e. The van der Waals surface area contributed by atoms with Crippen LogP contribution in [0.2, 0.25) is 0 Å². The second kappa shape index (κ2) is 4.52. The van der Waals surface area contributed by atoms with Crippen molar-refractivity contribution in [3.8, 4) is 11.5 Å². The summed E-state index contributed by atoms with van der Waals surface area (Å²) in [5.41, 5.74) is 4.25. The average Bonchev–Trinajstić information content (AvgIpc) is 2.70. The highest BCUT2D eigenvalue weighted by atomic mass is 16.5. The minimum Gasteiger partial charge on any atom is -0.496 e. The Morgan fingerprint density at radius 3 is 2.56 bits per heavy atom. The average molecular weight is 250 g/mol. The Kier molecular flexibility index (Phi) is 3.20. The lowest BCUT2D eigenvalue weighted by Crippen LogP contribution is -2.17. The minimum absolute atomic E-state index is 0.0366. The summed E-state index contributed by atoms with van der Waals surface area (Å²) >= 11 is 0. The van der Waals surface area contributed by atoms with E-state index in [4.69, 9.17) is 14.6 Å². The molecular formula is C14H18O4. The number of hydrogen-bond acceptors (Lipinski definition) is 3. The predicted molar refractivity (Wildman–Crippen MR) is 67.6 cm³/mol. The van der Waals surface area contributed by atoms with Gasteiger partial charge in [0, 0.05) is 12.0 Å². The molecule has 0 saturated carbocycles. The highest BCUT2D eigenvalue weighted by molar-refractivity contribution is 5.68. The van der Waals surface area contributed by atoms with E-state index in [1.807, 2.05) is 20.8 Å². The summed E-state index contributed by atoms with van der Waals surface area (Å²) in [4.78, 5) is 10.8. The van der Waals surface area contributed by atoms with Crippen molar-refractivity contribution in [1.82, 2.24) is 0 Å². The van der Waals surface area contributed by atoms with Crippen molar-refractivity contribution >= 4 is 5.97 Å². The molecule has 0 radical (unpaired) electrons. The van der Waals surface area contributed by atoms with Gasteiger partial charge in [0.15, 0.2) is 0 Å². The number of benzene rings is 1. The van der Waals surface area contributed by atoms with Crippen molar-refractivity contribution in [1.29, 1.82) is 0 Å². The monoisotopic (exact) mass is 250 g/mol. The number of fused-ring (bicyclic) bond motifs is 1. The number of carboxylic acid groups (broad SMARTS) is 1. The molecule has 0 spiro atoms. The lowest BCUT2D eigenvalue weighted by Gasteiger charge is -2.15. The highest BCUT2D eigenvalue weighted by Gasteiger charge is 2.30. The van der Waals surface area contributed by atoms with Crippen molar-refractivity contribution in [3.63, 3.8) is 0 Å². The summed E-state index contributed by atoms with van der Waals surface area (Å²) in [7, 11) is 1.66. The van der Waals surface area contributed by atoms with Gasteiger partial charge in [0.05, 0.1) is 13.5 Å². The molecule has 1 aliphatic heterocycles. The van der Waals surface area contributed by atoms with Crippen molar-refractivity contribution < 1.29 is 19.4 Å². The Balaban J connectivity index is 2.43. The maximum atomic E-state index is 10.8. The van der Waals surface area contributed by atoms with Gasteiger partial charge in [-0.05, 0) is 37.5 Å². The fourth-order valence-electron chi connectivity index (χ4n) is 2.61. The number of aliphatic carboxylic acids is 1. The number of rotatable bonds is 3. The SMILES string of the molecule is COc1c(C)c(C)c2c(c1C)C[C@@H](CC(=O)O)O2. The molecule has 1 N–H and O–H groups in total. The van der Waals surface area contributed by atoms with E-state index in [0.29, 0.717) is 6.42 Å². The van der Waals surface area contributed by atoms with Crippen molar-refractivity contribution in [2.24, 2.45) is 0 Å². The van der Waals surface area contributed by atoms with E-state index in [0.717, 1.165) is 33.8 Å². The van der Waals surface area contributed by atoms with Crippen molar-refractivity contribution in [2.45, 2.75) is 39.7 Å². The molecular weight excluding hydrogens is 232 g/mol. The van der Waals surface area contributed by atoms with Gasteiger partial charge in [-0.1, -0.05) is 0 Å². The van der Waals surface area contributed by atoms with Crippen LogP contribution in [0.4, 0.5) is 0 Å². The zero-order chi connectivity index (χ0) is 13.4. The Morgan fingerprint density at radius 1 is 1.33 bits per heavy atom. The van der Waals surface area contributed by atoms with Crippen LogP contribution in [0.15, 0.2) is 0 Å². The fourth-order valence-corrected chi connectivity index (χ4v) is 2.61. The Hall–Kier alpha value is -1.71. The van der Waals surface area contributed by atoms with Crippen LogP contribution in [0.1, 0.15) is 28.7 Å². The molecule has 1 aromatic rings. The lowest BCUT2D eigenvalue weighted by molar-refractivity contribution is -0.138. The van der Waals surface area contributed by atoms with Crippen LogP contribution in [-0.4, -0.2) is 24.3 Å². The van der Waals surface area contributed by atoms with Gasteiger partial charge >= 0.3 is 5.97 Å². The number of carbonyl (C=O) groups is 1. The zero-order valence-electron chi connectivity index (χ0n) is 11.2. The lowest BCUT2D eigenvalue weighted by atomic mass is 9.95. The number of ether oxygens (including phenoxy) is 2. The molecule has 1 heterocycles. The molecule has 0 fully saturated rings. The molecule has 0 amide bonds. The normalized spacial score (nSPS) is 17.2. The summed E-state index contributed by atoms with van der Waals surface area (Å²) in [6.45, 7) is 5.98. The molecule has 4 nitrogen and oxygen atoms in total. The first-order chi connectivity index (χ1) is 8.45. The quantitative estimate of drug-likeness (QED) is 0.895. The summed E-state index contributed by atoms with van der Waals surface area (Å²) in [6, 6.07) is 0. The van der Waals surface area contributed by atoms with Crippen LogP contribution in [0, 0.1) is 20.8 Å². The van der Waals surface area contributed by atoms with Gasteiger partial charge in [-0.3, -0.25) is 4.79 Å². The molecule has 0 unspecified atom stereocenters. The third-order valence-electron chi connectivity index (χ3n) is 3.63. The molecule has 0 aromatic heterocycles. The summed E-state index contributed by atoms with van der Waals surface area (Å²) in [6.07, 6.45) is 0.418. The van der Waals surface area contributed by atoms with Crippen LogP contribution < -0.4 is 9.47 Å². The van der Waals surface area contributed by atoms with Crippen LogP contribution in [-0.2, 0) is 11.2 Å². The smallest absolute Gasteiger partial charge is 0.307 e. The first kappa shape index (κ1) is 12.7. The predicted octanol–water partition coefficient (Wildman–Crippen LogP) is 2.40. The van der Waals surface area contributed by atoms with Crippen molar-refractivity contribution in [3.05, 3.63) is 22.3 Å². The number of hydrogen-bond donors (Lipinski definition) is 1. The minimum atomic E-state index is -0.827. The van der Waals surface area contributed by atoms with Crippen LogP contribution in [0.3, 0.4) is 0 Å². The van der Waals surface area contributed by atoms with Gasteiger partial charge < -0.3 is 14.6 Å². The Morgan fingerprint density at radius 2 is 2.00 bits per heavy atom. The van der Waals surface area contributed by atoms with Gasteiger partial charge in [0.25, 0.3) is 0 Å². The van der Waals surface area contributed by atoms with E-state index in [1.165, 1.54) is 0 Å². The summed E-state index contributed by atoms with van der Waals surface area (Å²) in [5, 5.41) is 8.84. The summed E-state index contributed by atoms with van der Waals surface area (Å²) in [5.74, 6) is 0.898. The maximum absolute atomic E-state index is 10.8. The molecule has 0 bridgehead atoms. The van der Waals surface area contributed by atoms with Gasteiger partial charge in [-0.2, -0.15) is 0 Å². The summed E-state index contributed by atoms with van der Waals surface area (Å²) < 4.78 is 11.2. The molecule has 1 atom stereocenters. The van der Waals surface area contributed by atoms with Crippen LogP contribution >= 0.6 is 0 Å². The van der Waals surface area contributed by atoms with E-state index >= 15 is 0 Å². The third-order valence-corrected chi connectivity index (χ3v) is 3.63. The van der Waals surface area contributed by atoms with Gasteiger partial charge in [0.1, 0.15) is 17.6 Å². The Labute approximate surface area is 107 Å². The molecule has 4 heteroatoms. The topological polar surface area (TPSA) is 55.8 Å². The number of carboxylic acids is 1. The highest BCUT2D eigenvalue weighted by Crippen LogP contribution is 2.42. The first-order valence-electron chi connectivity index (χ1n) is 6.00. The maximum Gasteiger partial charge on any atom is 0.307 e.